The fourth-order valence-electron chi connectivity index (χ4n) is 1.17. The van der Waals surface area contributed by atoms with Crippen LogP contribution in [0.25, 0.3) is 0 Å². The van der Waals surface area contributed by atoms with Gasteiger partial charge in [0.05, 0.1) is 5.92 Å². The molecule has 0 radical (unpaired) electrons. The van der Waals surface area contributed by atoms with Crippen LogP contribution in [-0.4, -0.2) is 27.8 Å². The van der Waals surface area contributed by atoms with Gasteiger partial charge in [0.25, 0.3) is 0 Å². The number of carboxylic acids is 1. The van der Waals surface area contributed by atoms with E-state index in [1.165, 1.54) is 11.3 Å². The van der Waals surface area contributed by atoms with E-state index < -0.39 is 11.9 Å². The molecule has 0 saturated carbocycles. The molecule has 0 aliphatic rings. The zero-order valence-electron chi connectivity index (χ0n) is 9.02. The third kappa shape index (κ3) is 3.47. The molecule has 0 amide bonds. The summed E-state index contributed by atoms with van der Waals surface area (Å²) in [6.07, 6.45) is 0. The van der Waals surface area contributed by atoms with Crippen LogP contribution in [0.4, 0.5) is 5.13 Å². The lowest BCUT2D eigenvalue weighted by atomic mass is 9.96. The fraction of sp³-hybridized carbons (Fsp3) is 0.667. The average Bonchev–Trinajstić information content (AvgIpc) is 2.50. The van der Waals surface area contributed by atoms with Gasteiger partial charge < -0.3 is 10.4 Å². The second kappa shape index (κ2) is 5.06. The number of rotatable bonds is 5. The van der Waals surface area contributed by atoms with Gasteiger partial charge in [-0.15, -0.1) is 10.2 Å². The highest BCUT2D eigenvalue weighted by atomic mass is 32.1. The monoisotopic (exact) mass is 229 g/mol. The van der Waals surface area contributed by atoms with Gasteiger partial charge in [0.1, 0.15) is 5.01 Å². The van der Waals surface area contributed by atoms with Gasteiger partial charge in [-0.1, -0.05) is 25.2 Å². The van der Waals surface area contributed by atoms with Crippen LogP contribution in [0.1, 0.15) is 18.9 Å². The smallest absolute Gasteiger partial charge is 0.308 e. The molecule has 0 aromatic carbocycles. The predicted molar refractivity (Wildman–Crippen MR) is 59.1 cm³/mol. The van der Waals surface area contributed by atoms with E-state index in [0.717, 1.165) is 5.01 Å². The molecule has 0 saturated heterocycles. The molecule has 1 heterocycles. The average molecular weight is 229 g/mol. The third-order valence-electron chi connectivity index (χ3n) is 2.12. The lowest BCUT2D eigenvalue weighted by Crippen LogP contribution is -2.27. The van der Waals surface area contributed by atoms with Crippen LogP contribution < -0.4 is 5.32 Å². The summed E-state index contributed by atoms with van der Waals surface area (Å²) < 4.78 is 0. The number of aliphatic carboxylic acids is 1. The van der Waals surface area contributed by atoms with Gasteiger partial charge in [-0.2, -0.15) is 0 Å². The molecular formula is C9H15N3O2S. The Morgan fingerprint density at radius 1 is 1.53 bits per heavy atom. The molecule has 0 aliphatic heterocycles. The quantitative estimate of drug-likeness (QED) is 0.802. The summed E-state index contributed by atoms with van der Waals surface area (Å²) in [6, 6.07) is 0. The maximum atomic E-state index is 10.9. The van der Waals surface area contributed by atoms with Crippen LogP contribution in [0.2, 0.25) is 0 Å². The summed E-state index contributed by atoms with van der Waals surface area (Å²) in [4.78, 5) is 10.9. The second-order valence-corrected chi connectivity index (χ2v) is 4.88. The van der Waals surface area contributed by atoms with Crippen LogP contribution >= 0.6 is 11.3 Å². The van der Waals surface area contributed by atoms with E-state index in [0.29, 0.717) is 11.7 Å². The summed E-state index contributed by atoms with van der Waals surface area (Å²) in [5, 5.41) is 21.2. The number of carboxylic acid groups (broad SMARTS) is 1. The molecule has 2 N–H and O–H groups in total. The molecule has 5 nitrogen and oxygen atoms in total. The van der Waals surface area contributed by atoms with Crippen molar-refractivity contribution >= 4 is 22.4 Å². The van der Waals surface area contributed by atoms with Crippen molar-refractivity contribution < 1.29 is 9.90 Å². The van der Waals surface area contributed by atoms with E-state index in [4.69, 9.17) is 5.11 Å². The van der Waals surface area contributed by atoms with Crippen molar-refractivity contribution in [2.45, 2.75) is 20.8 Å². The first-order valence-electron chi connectivity index (χ1n) is 4.77. The van der Waals surface area contributed by atoms with Gasteiger partial charge >= 0.3 is 5.97 Å². The number of nitrogens with zero attached hydrogens (tertiary/aromatic N) is 2. The molecule has 6 heteroatoms. The van der Waals surface area contributed by atoms with Crippen molar-refractivity contribution in [3.63, 3.8) is 0 Å². The van der Waals surface area contributed by atoms with Gasteiger partial charge in [-0.25, -0.2) is 0 Å². The highest BCUT2D eigenvalue weighted by molar-refractivity contribution is 7.15. The van der Waals surface area contributed by atoms with E-state index in [2.05, 4.69) is 15.5 Å². The van der Waals surface area contributed by atoms with Crippen molar-refractivity contribution in [2.24, 2.45) is 11.8 Å². The largest absolute Gasteiger partial charge is 0.481 e. The van der Waals surface area contributed by atoms with Crippen molar-refractivity contribution in [2.75, 3.05) is 11.9 Å². The molecular weight excluding hydrogens is 214 g/mol. The molecule has 1 aromatic rings. The van der Waals surface area contributed by atoms with Gasteiger partial charge in [0, 0.05) is 6.54 Å². The maximum absolute atomic E-state index is 10.9. The minimum absolute atomic E-state index is 0.101. The minimum Gasteiger partial charge on any atom is -0.481 e. The SMILES string of the molecule is Cc1nnc(NCC(C(=O)O)C(C)C)s1. The fourth-order valence-corrected chi connectivity index (χ4v) is 1.77. The Labute approximate surface area is 92.5 Å². The van der Waals surface area contributed by atoms with Crippen LogP contribution in [-0.2, 0) is 4.79 Å². The molecule has 1 aromatic heterocycles. The van der Waals surface area contributed by atoms with E-state index in [-0.39, 0.29) is 5.92 Å². The summed E-state index contributed by atoms with van der Waals surface area (Å²) in [6.45, 7) is 6.04. The van der Waals surface area contributed by atoms with Crippen LogP contribution in [0.3, 0.4) is 0 Å². The molecule has 84 valence electrons. The molecule has 0 aliphatic carbocycles. The van der Waals surface area contributed by atoms with E-state index in [1.54, 1.807) is 0 Å². The number of hydrogen-bond donors (Lipinski definition) is 2. The van der Waals surface area contributed by atoms with E-state index in [9.17, 15) is 4.79 Å². The van der Waals surface area contributed by atoms with Gasteiger partial charge in [-0.05, 0) is 12.8 Å². The van der Waals surface area contributed by atoms with Crippen LogP contribution in [0, 0.1) is 18.8 Å². The Kier molecular flexibility index (Phi) is 4.02. The first kappa shape index (κ1) is 11.9. The number of aryl methyl sites for hydroxylation is 1. The molecule has 1 unspecified atom stereocenters. The normalized spacial score (nSPS) is 12.8. The third-order valence-corrected chi connectivity index (χ3v) is 2.92. The minimum atomic E-state index is -0.779. The Balaban J connectivity index is 2.50. The highest BCUT2D eigenvalue weighted by Gasteiger charge is 2.21. The van der Waals surface area contributed by atoms with Crippen LogP contribution in [0.15, 0.2) is 0 Å². The zero-order chi connectivity index (χ0) is 11.4. The molecule has 0 spiro atoms. The summed E-state index contributed by atoms with van der Waals surface area (Å²) in [7, 11) is 0. The highest BCUT2D eigenvalue weighted by Crippen LogP contribution is 2.16. The molecule has 15 heavy (non-hydrogen) atoms. The standard InChI is InChI=1S/C9H15N3O2S/c1-5(2)7(8(13)14)4-10-9-12-11-6(3)15-9/h5,7H,4H2,1-3H3,(H,10,12)(H,13,14). The van der Waals surface area contributed by atoms with E-state index in [1.807, 2.05) is 20.8 Å². The van der Waals surface area contributed by atoms with Gasteiger partial charge in [0.15, 0.2) is 0 Å². The van der Waals surface area contributed by atoms with Crippen molar-refractivity contribution in [3.8, 4) is 0 Å². The second-order valence-electron chi connectivity index (χ2n) is 3.70. The van der Waals surface area contributed by atoms with Crippen molar-refractivity contribution in [1.82, 2.24) is 10.2 Å². The Morgan fingerprint density at radius 3 is 2.60 bits per heavy atom. The molecule has 1 rings (SSSR count). The topological polar surface area (TPSA) is 75.1 Å². The number of anilines is 1. The van der Waals surface area contributed by atoms with E-state index >= 15 is 0 Å². The predicted octanol–water partition coefficient (Wildman–Crippen LogP) is 1.62. The zero-order valence-corrected chi connectivity index (χ0v) is 9.84. The lowest BCUT2D eigenvalue weighted by Gasteiger charge is -2.15. The van der Waals surface area contributed by atoms with Gasteiger partial charge in [-0.3, -0.25) is 4.79 Å². The van der Waals surface area contributed by atoms with Gasteiger partial charge in [0.2, 0.25) is 5.13 Å². The summed E-state index contributed by atoms with van der Waals surface area (Å²) >= 11 is 1.43. The summed E-state index contributed by atoms with van der Waals surface area (Å²) in [5.41, 5.74) is 0. The Bertz CT molecular complexity index is 338. The maximum Gasteiger partial charge on any atom is 0.308 e. The Morgan fingerprint density at radius 2 is 2.20 bits per heavy atom. The molecule has 0 bridgehead atoms. The Hall–Kier alpha value is -1.17. The number of carbonyl (C=O) groups is 1. The summed E-state index contributed by atoms with van der Waals surface area (Å²) in [5.74, 6) is -1.07. The van der Waals surface area contributed by atoms with Crippen molar-refractivity contribution in [1.29, 1.82) is 0 Å². The molecule has 0 fully saturated rings. The first-order chi connectivity index (χ1) is 7.00. The number of aromatic nitrogens is 2. The number of nitrogens with one attached hydrogen (secondary N) is 1. The van der Waals surface area contributed by atoms with Crippen molar-refractivity contribution in [3.05, 3.63) is 5.01 Å². The van der Waals surface area contributed by atoms with Crippen LogP contribution in [0.5, 0.6) is 0 Å². The number of hydrogen-bond acceptors (Lipinski definition) is 5. The first-order valence-corrected chi connectivity index (χ1v) is 5.59. The molecule has 1 atom stereocenters. The lowest BCUT2D eigenvalue weighted by molar-refractivity contribution is -0.142.